The van der Waals surface area contributed by atoms with E-state index in [1.807, 2.05) is 0 Å². The quantitative estimate of drug-likeness (QED) is 0.589. The Morgan fingerprint density at radius 3 is 1.75 bits per heavy atom. The van der Waals surface area contributed by atoms with E-state index in [1.165, 1.54) is 10.4 Å². The molecule has 1 nitrogen and oxygen atoms in total. The van der Waals surface area contributed by atoms with Gasteiger partial charge in [0.15, 0.2) is 0 Å². The Morgan fingerprint density at radius 1 is 0.875 bits per heavy atom. The van der Waals surface area contributed by atoms with E-state index in [4.69, 9.17) is 4.43 Å². The summed E-state index contributed by atoms with van der Waals surface area (Å²) in [7, 11) is -2.40. The van der Waals surface area contributed by atoms with Crippen LogP contribution in [0, 0.1) is 5.92 Å². The number of hydrogen-bond acceptors (Lipinski definition) is 1. The first kappa shape index (κ1) is 17.2. The fourth-order valence-corrected chi connectivity index (χ4v) is 8.62. The zero-order valence-corrected chi connectivity index (χ0v) is 16.2. The summed E-state index contributed by atoms with van der Waals surface area (Å²) in [5.41, 5.74) is 0. The van der Waals surface area contributed by atoms with Crippen LogP contribution in [0.2, 0.25) is 5.04 Å². The van der Waals surface area contributed by atoms with E-state index in [2.05, 4.69) is 101 Å². The van der Waals surface area contributed by atoms with Crippen LogP contribution in [0.5, 0.6) is 0 Å². The third-order valence-corrected chi connectivity index (χ3v) is 10.2. The van der Waals surface area contributed by atoms with Crippen LogP contribution in [0.1, 0.15) is 34.1 Å². The van der Waals surface area contributed by atoms with E-state index in [1.54, 1.807) is 0 Å². The molecule has 1 aliphatic carbocycles. The average Bonchev–Trinajstić information content (AvgIpc) is 2.98. The van der Waals surface area contributed by atoms with Gasteiger partial charge in [-0.15, -0.1) is 0 Å². The summed E-state index contributed by atoms with van der Waals surface area (Å²) in [5, 5.41) is 2.78. The molecule has 0 bridgehead atoms. The second-order valence-electron chi connectivity index (χ2n) is 7.84. The molecule has 0 saturated carbocycles. The van der Waals surface area contributed by atoms with E-state index in [0.717, 1.165) is 6.42 Å². The molecule has 0 unspecified atom stereocenters. The molecule has 0 radical (unpaired) electrons. The Bertz CT molecular complexity index is 645. The van der Waals surface area contributed by atoms with Gasteiger partial charge in [0, 0.05) is 0 Å². The second-order valence-corrected chi connectivity index (χ2v) is 12.1. The molecule has 1 aliphatic rings. The van der Waals surface area contributed by atoms with Crippen molar-refractivity contribution in [3.8, 4) is 0 Å². The van der Waals surface area contributed by atoms with Crippen LogP contribution < -0.4 is 10.4 Å². The van der Waals surface area contributed by atoms with Crippen molar-refractivity contribution < 1.29 is 4.43 Å². The average molecular weight is 337 g/mol. The smallest absolute Gasteiger partial charge is 0.261 e. The maximum atomic E-state index is 7.12. The summed E-state index contributed by atoms with van der Waals surface area (Å²) in [4.78, 5) is 0. The monoisotopic (exact) mass is 336 g/mol. The summed E-state index contributed by atoms with van der Waals surface area (Å²) in [6.45, 7) is 9.29. The third-order valence-electron chi connectivity index (χ3n) is 5.14. The summed E-state index contributed by atoms with van der Waals surface area (Å²) in [6.07, 6.45) is 5.86. The molecular formula is C22H28OSi. The van der Waals surface area contributed by atoms with E-state index in [-0.39, 0.29) is 11.1 Å². The van der Waals surface area contributed by atoms with Gasteiger partial charge in [0.05, 0.1) is 6.10 Å². The van der Waals surface area contributed by atoms with Gasteiger partial charge in [-0.3, -0.25) is 0 Å². The highest BCUT2D eigenvalue weighted by Crippen LogP contribution is 2.39. The first-order valence-corrected chi connectivity index (χ1v) is 10.8. The third kappa shape index (κ3) is 3.01. The fraction of sp³-hybridized carbons (Fsp3) is 0.364. The molecule has 0 spiro atoms. The molecule has 2 aromatic rings. The molecular weight excluding hydrogens is 308 g/mol. The van der Waals surface area contributed by atoms with Crippen molar-refractivity contribution in [3.05, 3.63) is 72.8 Å². The van der Waals surface area contributed by atoms with Crippen molar-refractivity contribution in [1.29, 1.82) is 0 Å². The molecule has 0 aliphatic heterocycles. The van der Waals surface area contributed by atoms with Crippen molar-refractivity contribution in [2.24, 2.45) is 5.92 Å². The van der Waals surface area contributed by atoms with Crippen LogP contribution in [0.4, 0.5) is 0 Å². The predicted molar refractivity (Wildman–Crippen MR) is 105 cm³/mol. The Balaban J connectivity index is 2.17. The van der Waals surface area contributed by atoms with Crippen LogP contribution >= 0.6 is 0 Å². The highest BCUT2D eigenvalue weighted by atomic mass is 28.4. The van der Waals surface area contributed by atoms with Crippen LogP contribution in [0.25, 0.3) is 0 Å². The lowest BCUT2D eigenvalue weighted by molar-refractivity contribution is 0.164. The van der Waals surface area contributed by atoms with Gasteiger partial charge in [0.2, 0.25) is 0 Å². The van der Waals surface area contributed by atoms with Gasteiger partial charge in [-0.05, 0) is 27.8 Å². The van der Waals surface area contributed by atoms with Crippen molar-refractivity contribution in [1.82, 2.24) is 0 Å². The lowest BCUT2D eigenvalue weighted by Gasteiger charge is -2.45. The number of benzene rings is 2. The predicted octanol–water partition coefficient (Wildman–Crippen LogP) is 4.53. The van der Waals surface area contributed by atoms with E-state index < -0.39 is 8.32 Å². The minimum atomic E-state index is -2.40. The molecule has 2 atom stereocenters. The first-order valence-electron chi connectivity index (χ1n) is 8.91. The SMILES string of the molecule is C[C@H]1C=CC[C@H]1O[Si](c1ccccc1)(c1ccccc1)C(C)(C)C. The molecule has 0 N–H and O–H groups in total. The van der Waals surface area contributed by atoms with Crippen molar-refractivity contribution >= 4 is 18.7 Å². The highest BCUT2D eigenvalue weighted by Gasteiger charge is 2.51. The standard InChI is InChI=1S/C22H28OSi/c1-18-12-11-17-21(18)23-24(22(2,3)4,19-13-7-5-8-14-19)20-15-9-6-10-16-20/h5-16,18,21H,17H2,1-4H3/t18-,21+/m0/s1. The summed E-state index contributed by atoms with van der Waals surface area (Å²) < 4.78 is 7.12. The number of rotatable bonds is 4. The Kier molecular flexibility index (Phi) is 4.80. The van der Waals surface area contributed by atoms with Gasteiger partial charge in [-0.1, -0.05) is 101 Å². The lowest BCUT2D eigenvalue weighted by Crippen LogP contribution is -2.67. The Labute approximate surface area is 147 Å². The second kappa shape index (κ2) is 6.70. The van der Waals surface area contributed by atoms with Crippen LogP contribution in [0.3, 0.4) is 0 Å². The minimum Gasteiger partial charge on any atom is -0.404 e. The maximum absolute atomic E-state index is 7.12. The zero-order chi connectivity index (χ0) is 17.2. The van der Waals surface area contributed by atoms with Gasteiger partial charge in [-0.2, -0.15) is 0 Å². The lowest BCUT2D eigenvalue weighted by atomic mass is 10.1. The molecule has 0 heterocycles. The van der Waals surface area contributed by atoms with E-state index >= 15 is 0 Å². The van der Waals surface area contributed by atoms with Crippen molar-refractivity contribution in [3.63, 3.8) is 0 Å². The van der Waals surface area contributed by atoms with Crippen molar-refractivity contribution in [2.45, 2.75) is 45.3 Å². The minimum absolute atomic E-state index is 0.0536. The first-order chi connectivity index (χ1) is 11.4. The Morgan fingerprint density at radius 2 is 1.38 bits per heavy atom. The molecule has 24 heavy (non-hydrogen) atoms. The Hall–Kier alpha value is -1.64. The van der Waals surface area contributed by atoms with Gasteiger partial charge < -0.3 is 4.43 Å². The summed E-state index contributed by atoms with van der Waals surface area (Å²) >= 11 is 0. The fourth-order valence-electron chi connectivity index (χ4n) is 3.84. The van der Waals surface area contributed by atoms with Crippen molar-refractivity contribution in [2.75, 3.05) is 0 Å². The zero-order valence-electron chi connectivity index (χ0n) is 15.2. The maximum Gasteiger partial charge on any atom is 0.261 e. The van der Waals surface area contributed by atoms with Crippen LogP contribution in [-0.4, -0.2) is 14.4 Å². The summed E-state index contributed by atoms with van der Waals surface area (Å²) in [6, 6.07) is 21.8. The molecule has 0 aromatic heterocycles. The summed E-state index contributed by atoms with van der Waals surface area (Å²) in [5.74, 6) is 0.478. The van der Waals surface area contributed by atoms with E-state index in [9.17, 15) is 0 Å². The number of hydrogen-bond donors (Lipinski definition) is 0. The van der Waals surface area contributed by atoms with Gasteiger partial charge in [0.25, 0.3) is 8.32 Å². The molecule has 0 saturated heterocycles. The molecule has 2 aromatic carbocycles. The van der Waals surface area contributed by atoms with Crippen LogP contribution in [-0.2, 0) is 4.43 Å². The molecule has 3 rings (SSSR count). The molecule has 0 fully saturated rings. The van der Waals surface area contributed by atoms with Crippen LogP contribution in [0.15, 0.2) is 72.8 Å². The topological polar surface area (TPSA) is 9.23 Å². The molecule has 2 heteroatoms. The molecule has 126 valence electrons. The van der Waals surface area contributed by atoms with Gasteiger partial charge in [0.1, 0.15) is 0 Å². The largest absolute Gasteiger partial charge is 0.404 e. The van der Waals surface area contributed by atoms with Gasteiger partial charge in [-0.25, -0.2) is 0 Å². The molecule has 0 amide bonds. The van der Waals surface area contributed by atoms with Gasteiger partial charge >= 0.3 is 0 Å². The van der Waals surface area contributed by atoms with E-state index in [0.29, 0.717) is 5.92 Å². The highest BCUT2D eigenvalue weighted by molar-refractivity contribution is 6.99. The normalized spacial score (nSPS) is 21.2.